The molecule has 3 aromatic carbocycles. The summed E-state index contributed by atoms with van der Waals surface area (Å²) in [4.78, 5) is 88.8. The predicted molar refractivity (Wildman–Crippen MR) is 312 cm³/mol. The summed E-state index contributed by atoms with van der Waals surface area (Å²) in [6.45, 7) is 20.3. The Morgan fingerprint density at radius 3 is 1.89 bits per heavy atom. The van der Waals surface area contributed by atoms with Gasteiger partial charge in [0.15, 0.2) is 31.9 Å². The van der Waals surface area contributed by atoms with Gasteiger partial charge in [-0.3, -0.25) is 14.4 Å². The number of amides is 2. The zero-order valence-corrected chi connectivity index (χ0v) is 51.5. The lowest BCUT2D eigenvalue weighted by atomic mass is 9.44. The van der Waals surface area contributed by atoms with Crippen molar-refractivity contribution in [2.75, 3.05) is 66.4 Å². The van der Waals surface area contributed by atoms with Crippen molar-refractivity contribution in [2.24, 2.45) is 16.7 Å². The number of nitrogens with one attached hydrogen (secondary N) is 3. The van der Waals surface area contributed by atoms with Gasteiger partial charge in [-0.05, 0) is 99.4 Å². The van der Waals surface area contributed by atoms with Crippen molar-refractivity contribution in [2.45, 2.75) is 153 Å². The minimum absolute atomic E-state index is 0.000842. The van der Waals surface area contributed by atoms with Crippen molar-refractivity contribution >= 4 is 44.0 Å². The SMILES string of the molecule is CNCCCOCCOCCOCCCNC(=O)O[C@H]1C(=O)C2(C)[C@@H](O)CC3OC[C@@]3(OC(C)=O)[C@H]2[C@H](OC(=O)c2ccccc2)[C@]2(O)C[C@H](OC(=O)[C@H](O[Si](C)(C)C(C)(C)C)[C@@H](NC(=O)c3ccccc3)c3ccccc3)C(C)=C1C2(C)C. The molecular formula is C63H87N3O17Si. The summed E-state index contributed by atoms with van der Waals surface area (Å²) in [6.07, 6.45) is -10.1. The second-order valence-electron chi connectivity index (χ2n) is 24.6. The summed E-state index contributed by atoms with van der Waals surface area (Å²) >= 11 is 0. The molecular weight excluding hydrogens is 1100 g/mol. The smallest absolute Gasteiger partial charge is 0.408 e. The minimum atomic E-state index is -2.99. The first kappa shape index (κ1) is 65.7. The zero-order valence-electron chi connectivity index (χ0n) is 50.5. The second-order valence-corrected chi connectivity index (χ2v) is 29.3. The second kappa shape index (κ2) is 27.7. The van der Waals surface area contributed by atoms with Crippen molar-refractivity contribution in [3.05, 3.63) is 119 Å². The van der Waals surface area contributed by atoms with Crippen LogP contribution in [0.25, 0.3) is 0 Å². The molecule has 2 bridgehead atoms. The minimum Gasteiger partial charge on any atom is -0.456 e. The van der Waals surface area contributed by atoms with E-state index in [1.807, 2.05) is 40.9 Å². The predicted octanol–water partition coefficient (Wildman–Crippen LogP) is 6.98. The van der Waals surface area contributed by atoms with Crippen LogP contribution in [0.2, 0.25) is 18.1 Å². The molecule has 1 saturated heterocycles. The standard InChI is InChI=1S/C63H87N3O17Si/c1-40-45(79-57(72)51(83-84(10,11)59(3,4)5)49(42-23-15-12-16-24-42)66-55(70)43-25-17-13-18-26-43)38-63(74)54(81-56(71)44-27-19-14-20-28-44)52-61(8,46(68)37-47-62(52,39-78-47)82-41(2)67)53(69)50(48(40)60(63,6)7)80-58(73)65-30-22-32-76-34-36-77-35-33-75-31-21-29-64-9/h12-20,23-28,45-47,49-52,54,64,68,74H,21-22,29-39H2,1-11H3,(H,65,73)(H,66,70)/t45-,46-,47?,49-,50+,51+,52-,54-,61?,62-,63+/m0/s1. The van der Waals surface area contributed by atoms with Gasteiger partial charge in [-0.1, -0.05) is 101 Å². The number of aliphatic hydroxyl groups excluding tert-OH is 1. The number of aliphatic hydroxyl groups is 2. The van der Waals surface area contributed by atoms with Crippen LogP contribution in [0, 0.1) is 16.7 Å². The van der Waals surface area contributed by atoms with Gasteiger partial charge in [0, 0.05) is 50.5 Å². The molecule has 2 unspecified atom stereocenters. The zero-order chi connectivity index (χ0) is 61.3. The Labute approximate surface area is 494 Å². The number of ketones is 1. The Morgan fingerprint density at radius 1 is 0.786 bits per heavy atom. The molecule has 7 rings (SSSR count). The van der Waals surface area contributed by atoms with E-state index in [4.69, 9.17) is 42.3 Å². The van der Waals surface area contributed by atoms with E-state index in [0.29, 0.717) is 50.6 Å². The van der Waals surface area contributed by atoms with Crippen molar-refractivity contribution in [1.29, 1.82) is 0 Å². The molecule has 1 heterocycles. The Hall–Kier alpha value is -5.88. The van der Waals surface area contributed by atoms with E-state index in [1.165, 1.54) is 26.0 Å². The van der Waals surface area contributed by atoms with E-state index in [1.54, 1.807) is 99.6 Å². The molecule has 2 saturated carbocycles. The molecule has 3 fully saturated rings. The van der Waals surface area contributed by atoms with E-state index in [9.17, 15) is 29.4 Å². The summed E-state index contributed by atoms with van der Waals surface area (Å²) in [5.41, 5.74) is -7.02. The number of ether oxygens (including phenoxy) is 8. The third-order valence-electron chi connectivity index (χ3n) is 17.8. The molecule has 5 N–H and O–H groups in total. The Balaban J connectivity index is 1.31. The van der Waals surface area contributed by atoms with E-state index < -0.39 is 126 Å². The van der Waals surface area contributed by atoms with Gasteiger partial charge in [-0.2, -0.15) is 0 Å². The van der Waals surface area contributed by atoms with Crippen LogP contribution >= 0.6 is 0 Å². The number of esters is 3. The Kier molecular flexibility index (Phi) is 21.6. The maximum atomic E-state index is 16.3. The summed E-state index contributed by atoms with van der Waals surface area (Å²) in [5.74, 6) is -5.64. The molecule has 0 aromatic heterocycles. The largest absolute Gasteiger partial charge is 0.456 e. The first-order valence-electron chi connectivity index (χ1n) is 29.1. The van der Waals surface area contributed by atoms with Gasteiger partial charge in [0.1, 0.15) is 23.9 Å². The van der Waals surface area contributed by atoms with Crippen LogP contribution in [0.1, 0.15) is 113 Å². The van der Waals surface area contributed by atoms with Gasteiger partial charge in [0.05, 0.1) is 62.1 Å². The third kappa shape index (κ3) is 14.0. The highest BCUT2D eigenvalue weighted by Crippen LogP contribution is 2.64. The number of fused-ring (bicyclic) bond motifs is 5. The van der Waals surface area contributed by atoms with Crippen LogP contribution in [-0.2, 0) is 56.7 Å². The molecule has 4 aliphatic rings. The molecule has 3 aromatic rings. The third-order valence-corrected chi connectivity index (χ3v) is 22.3. The van der Waals surface area contributed by atoms with E-state index in [0.717, 1.165) is 13.0 Å². The molecule has 20 nitrogen and oxygen atoms in total. The van der Waals surface area contributed by atoms with Crippen LogP contribution in [0.3, 0.4) is 0 Å². The number of carbonyl (C=O) groups excluding carboxylic acids is 6. The summed E-state index contributed by atoms with van der Waals surface area (Å²) in [6, 6.07) is 24.2. The number of alkyl carbamates (subject to hydrolysis) is 1. The highest BCUT2D eigenvalue weighted by molar-refractivity contribution is 6.74. The highest BCUT2D eigenvalue weighted by Gasteiger charge is 2.78. The van der Waals surface area contributed by atoms with Crippen LogP contribution in [0.4, 0.5) is 4.79 Å². The molecule has 1 aliphatic heterocycles. The highest BCUT2D eigenvalue weighted by atomic mass is 28.4. The summed E-state index contributed by atoms with van der Waals surface area (Å²) < 4.78 is 55.9. The number of hydrogen-bond donors (Lipinski definition) is 5. The average molecular weight is 1190 g/mol. The lowest BCUT2D eigenvalue weighted by molar-refractivity contribution is -0.345. The van der Waals surface area contributed by atoms with Gasteiger partial charge in [0.25, 0.3) is 5.91 Å². The summed E-state index contributed by atoms with van der Waals surface area (Å²) in [7, 11) is -1.10. The quantitative estimate of drug-likeness (QED) is 0.0178. The molecule has 21 heteroatoms. The van der Waals surface area contributed by atoms with Crippen molar-refractivity contribution in [3.63, 3.8) is 0 Å². The average Bonchev–Trinajstić information content (AvgIpc) is 0.707. The van der Waals surface area contributed by atoms with Gasteiger partial charge in [-0.25, -0.2) is 14.4 Å². The lowest BCUT2D eigenvalue weighted by Crippen LogP contribution is -2.82. The molecule has 2 amide bonds. The molecule has 3 aliphatic carbocycles. The first-order chi connectivity index (χ1) is 39.7. The number of rotatable bonds is 26. The van der Waals surface area contributed by atoms with Crippen LogP contribution in [0.15, 0.2) is 102 Å². The van der Waals surface area contributed by atoms with Crippen LogP contribution < -0.4 is 16.0 Å². The van der Waals surface area contributed by atoms with E-state index in [2.05, 4.69) is 16.0 Å². The lowest BCUT2D eigenvalue weighted by Gasteiger charge is -2.67. The number of hydrogen-bond acceptors (Lipinski definition) is 18. The Bertz CT molecular complexity index is 2800. The number of benzene rings is 3. The van der Waals surface area contributed by atoms with Crippen LogP contribution in [0.5, 0.6) is 0 Å². The van der Waals surface area contributed by atoms with Crippen molar-refractivity contribution in [3.8, 4) is 0 Å². The van der Waals surface area contributed by atoms with Gasteiger partial charge in [0.2, 0.25) is 0 Å². The van der Waals surface area contributed by atoms with Crippen LogP contribution in [-0.4, -0.2) is 168 Å². The van der Waals surface area contributed by atoms with Crippen molar-refractivity contribution < 1.29 is 81.3 Å². The monoisotopic (exact) mass is 1190 g/mol. The van der Waals surface area contributed by atoms with Gasteiger partial charge < -0.3 is 68.5 Å². The molecule has 460 valence electrons. The first-order valence-corrected chi connectivity index (χ1v) is 32.0. The number of carbonyl (C=O) groups is 6. The maximum Gasteiger partial charge on any atom is 0.408 e. The summed E-state index contributed by atoms with van der Waals surface area (Å²) in [5, 5.41) is 35.2. The topological polar surface area (TPSA) is 262 Å². The molecule has 0 radical (unpaired) electrons. The van der Waals surface area contributed by atoms with Gasteiger partial charge in [-0.15, -0.1) is 0 Å². The molecule has 84 heavy (non-hydrogen) atoms. The van der Waals surface area contributed by atoms with Gasteiger partial charge >= 0.3 is 24.0 Å². The normalized spacial score (nSPS) is 27.0. The molecule has 11 atom stereocenters. The van der Waals surface area contributed by atoms with Crippen molar-refractivity contribution in [1.82, 2.24) is 16.0 Å². The Morgan fingerprint density at radius 2 is 1.35 bits per heavy atom. The van der Waals surface area contributed by atoms with E-state index in [-0.39, 0.29) is 42.9 Å². The van der Waals surface area contributed by atoms with E-state index >= 15 is 9.59 Å². The number of Topliss-reactive ketones (excluding diaryl/α,β-unsaturated/α-hetero) is 1. The fourth-order valence-electron chi connectivity index (χ4n) is 12.0. The fraction of sp³-hybridized carbons (Fsp3) is 0.587. The fourth-order valence-corrected chi connectivity index (χ4v) is 13.2. The maximum absolute atomic E-state index is 16.3. The molecule has 0 spiro atoms.